The number of amides is 1. The Morgan fingerprint density at radius 2 is 0.942 bits per heavy atom. The Morgan fingerprint density at radius 3 is 1.24 bits per heavy atom. The van der Waals surface area contributed by atoms with Crippen molar-refractivity contribution in [2.24, 2.45) is 29.1 Å². The molecule has 492 valence electrons. The molecular formula is C59H96N2O25. The lowest BCUT2D eigenvalue weighted by molar-refractivity contribution is -0.157. The van der Waals surface area contributed by atoms with E-state index in [0.717, 1.165) is 0 Å². The van der Waals surface area contributed by atoms with Gasteiger partial charge in [-0.15, -0.1) is 0 Å². The first kappa shape index (κ1) is 87.2. The third-order valence-corrected chi connectivity index (χ3v) is 10.5. The van der Waals surface area contributed by atoms with Crippen molar-refractivity contribution < 1.29 is 120 Å². The Bertz CT molecular complexity index is 2160. The van der Waals surface area contributed by atoms with Gasteiger partial charge in [-0.2, -0.15) is 0 Å². The minimum Gasteiger partial charge on any atom is -0.480 e. The maximum atomic E-state index is 12.0. The fraction of sp³-hybridized carbons (Fsp3) is 0.678. The number of nitrogens with zero attached hydrogens (tertiary/aromatic N) is 2. The van der Waals surface area contributed by atoms with E-state index in [4.69, 9.17) is 43.0 Å². The third kappa shape index (κ3) is 53.2. The number of aliphatic carboxylic acids is 1. The fourth-order valence-corrected chi connectivity index (χ4v) is 5.94. The van der Waals surface area contributed by atoms with Gasteiger partial charge >= 0.3 is 53.7 Å². The number of pyridine rings is 1. The molecule has 1 heterocycles. The molecule has 0 aliphatic heterocycles. The van der Waals surface area contributed by atoms with Crippen LogP contribution in [0.5, 0.6) is 0 Å². The third-order valence-electron chi connectivity index (χ3n) is 10.5. The number of carbonyl (C=O) groups excluding carboxylic acids is 13. The van der Waals surface area contributed by atoms with Crippen LogP contribution in [0.15, 0.2) is 24.5 Å². The van der Waals surface area contributed by atoms with Gasteiger partial charge in [0.1, 0.15) is 56.4 Å². The molecule has 27 heteroatoms. The molecule has 0 aromatic carbocycles. The lowest BCUT2D eigenvalue weighted by Crippen LogP contribution is -2.48. The molecule has 0 spiro atoms. The van der Waals surface area contributed by atoms with E-state index >= 15 is 0 Å². The van der Waals surface area contributed by atoms with Gasteiger partial charge in [-0.25, -0.2) is 9.59 Å². The largest absolute Gasteiger partial charge is 0.480 e. The summed E-state index contributed by atoms with van der Waals surface area (Å²) in [5.41, 5.74) is -0.642. The minimum atomic E-state index is -0.981. The van der Waals surface area contributed by atoms with E-state index in [1.807, 2.05) is 13.8 Å². The number of hydrogen-bond donors (Lipinski definition) is 1. The second-order valence-corrected chi connectivity index (χ2v) is 19.3. The van der Waals surface area contributed by atoms with E-state index in [1.165, 1.54) is 73.6 Å². The Balaban J connectivity index is -0.000000322. The summed E-state index contributed by atoms with van der Waals surface area (Å²) in [5, 5.41) is 8.05. The standard InChI is InChI=1S/C15H19NO5.C14H23NO6.C12H20O5.C11H18O5.C5H10O4.C2H6/c1-3-14(18)7-12(9-20-11(2)17)10-21-15(19)13-5-4-6-16-8-13;1-9(2)14(19)6-15(10(3)16)13(7-20-11(4)17)8-21-12(5)18;1-8(2)11(15)12(5,6-16-9(3)13)7-17-10(4)14;1-4-11(14)5-10(6-15-8(2)12)7-16-9(3)13;1-8-2-3-9-4-5(6)7;1-2/h4-6,8,12H,3,7,9-10H2,1-2H3;9,13H,6-8H2,1-5H3;8H,6-7H2,1-5H3;10H,4-7H2,1-3H3;2-4H2,1H3,(H,6,7);1-2H3. The Kier molecular flexibility index (Phi) is 53.7. The molecule has 1 unspecified atom stereocenters. The Morgan fingerprint density at radius 1 is 0.558 bits per heavy atom. The van der Waals surface area contributed by atoms with E-state index in [1.54, 1.807) is 66.8 Å². The molecule has 0 aliphatic rings. The van der Waals surface area contributed by atoms with E-state index in [-0.39, 0.29) is 132 Å². The van der Waals surface area contributed by atoms with Crippen molar-refractivity contribution in [2.75, 3.05) is 86.3 Å². The number of aromatic nitrogens is 1. The predicted molar refractivity (Wildman–Crippen MR) is 308 cm³/mol. The van der Waals surface area contributed by atoms with Crippen LogP contribution in [-0.4, -0.2) is 190 Å². The quantitative estimate of drug-likeness (QED) is 0.0502. The van der Waals surface area contributed by atoms with E-state index in [2.05, 4.69) is 14.5 Å². The van der Waals surface area contributed by atoms with Crippen molar-refractivity contribution in [3.63, 3.8) is 0 Å². The molecule has 0 saturated heterocycles. The average molecular weight is 1230 g/mol. The number of esters is 8. The lowest BCUT2D eigenvalue weighted by atomic mass is 9.82. The summed E-state index contributed by atoms with van der Waals surface area (Å²) < 4.78 is 48.3. The molecular weight excluding hydrogens is 1140 g/mol. The van der Waals surface area contributed by atoms with Crippen LogP contribution in [0, 0.1) is 29.1 Å². The Hall–Kier alpha value is -7.55. The molecule has 1 rings (SSSR count). The monoisotopic (exact) mass is 1230 g/mol. The van der Waals surface area contributed by atoms with Gasteiger partial charge in [-0.3, -0.25) is 62.5 Å². The zero-order valence-corrected chi connectivity index (χ0v) is 53.6. The number of ketones is 4. The zero-order valence-electron chi connectivity index (χ0n) is 53.6. The van der Waals surface area contributed by atoms with Crippen LogP contribution in [0.4, 0.5) is 0 Å². The second kappa shape index (κ2) is 53.0. The molecule has 0 saturated carbocycles. The zero-order chi connectivity index (χ0) is 67.5. The molecule has 1 N–H and O–H groups in total. The van der Waals surface area contributed by atoms with Crippen LogP contribution in [0.25, 0.3) is 0 Å². The summed E-state index contributed by atoms with van der Waals surface area (Å²) in [6.07, 6.45) is 4.26. The maximum absolute atomic E-state index is 12.0. The molecule has 1 aromatic rings. The molecule has 0 radical (unpaired) electrons. The molecule has 1 atom stereocenters. The highest BCUT2D eigenvalue weighted by molar-refractivity contribution is 5.89. The van der Waals surface area contributed by atoms with Crippen molar-refractivity contribution in [2.45, 2.75) is 149 Å². The van der Waals surface area contributed by atoms with Gasteiger partial charge in [0.05, 0.1) is 57.2 Å². The van der Waals surface area contributed by atoms with Crippen LogP contribution in [-0.2, 0) is 110 Å². The van der Waals surface area contributed by atoms with Crippen molar-refractivity contribution >= 4 is 82.8 Å². The summed E-state index contributed by atoms with van der Waals surface area (Å²) in [6, 6.07) is 2.54. The lowest BCUT2D eigenvalue weighted by Gasteiger charge is -2.30. The summed E-state index contributed by atoms with van der Waals surface area (Å²) in [7, 11) is 1.53. The molecule has 1 aromatic heterocycles. The molecule has 0 fully saturated rings. The molecule has 1 amide bonds. The normalized spacial score (nSPS) is 10.5. The first-order chi connectivity index (χ1) is 40.1. The topological polar surface area (TPSA) is 368 Å². The minimum absolute atomic E-state index is 0.0206. The number of Topliss-reactive ketones (excluding diaryl/α,β-unsaturated/α-hetero) is 4. The van der Waals surface area contributed by atoms with Crippen molar-refractivity contribution in [3.8, 4) is 0 Å². The van der Waals surface area contributed by atoms with Gasteiger partial charge in [0, 0.05) is 124 Å². The number of hydrogen-bond acceptors (Lipinski definition) is 25. The van der Waals surface area contributed by atoms with Gasteiger partial charge < -0.3 is 57.4 Å². The van der Waals surface area contributed by atoms with Crippen LogP contribution in [0.2, 0.25) is 0 Å². The summed E-state index contributed by atoms with van der Waals surface area (Å²) in [5.74, 6) is -6.16. The first-order valence-electron chi connectivity index (χ1n) is 27.8. The van der Waals surface area contributed by atoms with Crippen LogP contribution in [0.1, 0.15) is 154 Å². The Labute approximate surface area is 505 Å². The van der Waals surface area contributed by atoms with E-state index in [9.17, 15) is 67.1 Å². The highest BCUT2D eigenvalue weighted by atomic mass is 16.6. The van der Waals surface area contributed by atoms with E-state index < -0.39 is 65.2 Å². The SMILES string of the molecule is CC.CC(=O)OCC(C)(COC(C)=O)C(=O)C(C)C.CC(=O)OCC(COC(C)=O)N(CC(=O)C(C)C)C(C)=O.CCC(=O)CC(COC(C)=O)COC(=O)c1cccnc1.CCC(=O)CC(COC(C)=O)COC(C)=O.COCCOCC(=O)O. The number of ether oxygens (including phenoxy) is 10. The van der Waals surface area contributed by atoms with Crippen molar-refractivity contribution in [3.05, 3.63) is 30.1 Å². The van der Waals surface area contributed by atoms with Crippen LogP contribution >= 0.6 is 0 Å². The van der Waals surface area contributed by atoms with Crippen LogP contribution < -0.4 is 0 Å². The van der Waals surface area contributed by atoms with Crippen LogP contribution in [0.3, 0.4) is 0 Å². The predicted octanol–water partition coefficient (Wildman–Crippen LogP) is 5.54. The maximum Gasteiger partial charge on any atom is 0.339 e. The highest BCUT2D eigenvalue weighted by Crippen LogP contribution is 2.24. The summed E-state index contributed by atoms with van der Waals surface area (Å²) in [4.78, 5) is 160. The van der Waals surface area contributed by atoms with Crippen molar-refractivity contribution in [1.82, 2.24) is 9.88 Å². The molecule has 27 nitrogen and oxygen atoms in total. The van der Waals surface area contributed by atoms with Gasteiger partial charge in [0.2, 0.25) is 5.91 Å². The highest BCUT2D eigenvalue weighted by Gasteiger charge is 2.37. The van der Waals surface area contributed by atoms with Gasteiger partial charge in [0.25, 0.3) is 0 Å². The fourth-order valence-electron chi connectivity index (χ4n) is 5.94. The number of carboxylic acid groups (broad SMARTS) is 1. The summed E-state index contributed by atoms with van der Waals surface area (Å²) >= 11 is 0. The smallest absolute Gasteiger partial charge is 0.339 e. The summed E-state index contributed by atoms with van der Waals surface area (Å²) in [6.45, 7) is 26.6. The number of carbonyl (C=O) groups is 14. The first-order valence-corrected chi connectivity index (χ1v) is 27.8. The van der Waals surface area contributed by atoms with Gasteiger partial charge in [-0.1, -0.05) is 55.4 Å². The van der Waals surface area contributed by atoms with Crippen molar-refractivity contribution in [1.29, 1.82) is 0 Å². The number of methoxy groups -OCH3 is 1. The molecule has 0 bridgehead atoms. The number of rotatable bonds is 34. The van der Waals surface area contributed by atoms with Gasteiger partial charge in [0.15, 0.2) is 5.78 Å². The number of carboxylic acids is 1. The van der Waals surface area contributed by atoms with E-state index in [0.29, 0.717) is 31.6 Å². The second-order valence-electron chi connectivity index (χ2n) is 19.3. The average Bonchev–Trinajstić information content (AvgIpc) is 3.52. The molecule has 0 aliphatic carbocycles. The van der Waals surface area contributed by atoms with Gasteiger partial charge in [-0.05, 0) is 19.1 Å². The molecule has 86 heavy (non-hydrogen) atoms.